The van der Waals surface area contributed by atoms with E-state index >= 15 is 0 Å². The maximum atomic E-state index is 12.1. The first kappa shape index (κ1) is 19.3. The van der Waals surface area contributed by atoms with Crippen LogP contribution in [-0.4, -0.2) is 26.8 Å². The zero-order valence-electron chi connectivity index (χ0n) is 13.4. The lowest BCUT2D eigenvalue weighted by atomic mass is 10.2. The molecule has 2 aromatic carbocycles. The van der Waals surface area contributed by atoms with Gasteiger partial charge in [-0.1, -0.05) is 29.4 Å². The number of rotatable bonds is 6. The van der Waals surface area contributed by atoms with Crippen LogP contribution in [0.4, 0.5) is 11.4 Å². The molecule has 0 spiro atoms. The van der Waals surface area contributed by atoms with E-state index in [1.807, 2.05) is 0 Å². The number of carbonyl (C=O) groups excluding carboxylic acids is 1. The SMILES string of the molecule is O=C(CSc1nnc(-c2cccc(Cl)c2)o1)Nc1ccc([N+](=O)[O-])cc1Br. The van der Waals surface area contributed by atoms with Gasteiger partial charge in [0.1, 0.15) is 0 Å². The number of nitro groups is 1. The number of nitrogens with one attached hydrogen (secondary N) is 1. The second-order valence-electron chi connectivity index (χ2n) is 5.14. The molecule has 3 rings (SSSR count). The van der Waals surface area contributed by atoms with Crippen molar-refractivity contribution in [1.29, 1.82) is 0 Å². The Hall–Kier alpha value is -2.43. The van der Waals surface area contributed by atoms with E-state index in [-0.39, 0.29) is 22.6 Å². The highest BCUT2D eigenvalue weighted by atomic mass is 79.9. The molecular formula is C16H10BrClN4O4S. The van der Waals surface area contributed by atoms with Crippen molar-refractivity contribution in [2.45, 2.75) is 5.22 Å². The van der Waals surface area contributed by atoms with Gasteiger partial charge in [-0.2, -0.15) is 0 Å². The van der Waals surface area contributed by atoms with Gasteiger partial charge in [-0.25, -0.2) is 0 Å². The number of nitrogens with zero attached hydrogens (tertiary/aromatic N) is 3. The Labute approximate surface area is 170 Å². The van der Waals surface area contributed by atoms with Crippen LogP contribution in [0.2, 0.25) is 5.02 Å². The van der Waals surface area contributed by atoms with Crippen LogP contribution in [0.1, 0.15) is 0 Å². The van der Waals surface area contributed by atoms with Crippen LogP contribution in [0.25, 0.3) is 11.5 Å². The fourth-order valence-corrected chi connectivity index (χ4v) is 3.26. The lowest BCUT2D eigenvalue weighted by Crippen LogP contribution is -2.14. The summed E-state index contributed by atoms with van der Waals surface area (Å²) in [5.41, 5.74) is 1.03. The van der Waals surface area contributed by atoms with E-state index in [0.29, 0.717) is 26.6 Å². The smallest absolute Gasteiger partial charge is 0.277 e. The van der Waals surface area contributed by atoms with Crippen molar-refractivity contribution in [2.75, 3.05) is 11.1 Å². The summed E-state index contributed by atoms with van der Waals surface area (Å²) in [5.74, 6) is 0.0104. The molecule has 1 aromatic heterocycles. The molecule has 0 radical (unpaired) electrons. The quantitative estimate of drug-likeness (QED) is 0.314. The summed E-state index contributed by atoms with van der Waals surface area (Å²) in [6, 6.07) is 11.1. The fraction of sp³-hybridized carbons (Fsp3) is 0.0625. The minimum atomic E-state index is -0.515. The number of hydrogen-bond acceptors (Lipinski definition) is 7. The highest BCUT2D eigenvalue weighted by molar-refractivity contribution is 9.10. The van der Waals surface area contributed by atoms with Crippen molar-refractivity contribution < 1.29 is 14.1 Å². The molecule has 0 saturated heterocycles. The van der Waals surface area contributed by atoms with Gasteiger partial charge >= 0.3 is 0 Å². The van der Waals surface area contributed by atoms with Gasteiger partial charge in [0.25, 0.3) is 10.9 Å². The zero-order valence-corrected chi connectivity index (χ0v) is 16.5. The molecule has 0 aliphatic heterocycles. The predicted molar refractivity (Wildman–Crippen MR) is 105 cm³/mol. The Morgan fingerprint density at radius 1 is 1.30 bits per heavy atom. The van der Waals surface area contributed by atoms with E-state index in [0.717, 1.165) is 11.8 Å². The molecule has 1 N–H and O–H groups in total. The molecule has 138 valence electrons. The average molecular weight is 470 g/mol. The third-order valence-electron chi connectivity index (χ3n) is 3.24. The number of aromatic nitrogens is 2. The molecule has 0 unspecified atom stereocenters. The van der Waals surface area contributed by atoms with Crippen LogP contribution in [0, 0.1) is 10.1 Å². The third-order valence-corrected chi connectivity index (χ3v) is 4.95. The Balaban J connectivity index is 1.59. The van der Waals surface area contributed by atoms with E-state index in [9.17, 15) is 14.9 Å². The predicted octanol–water partition coefficient (Wildman–Crippen LogP) is 4.79. The molecule has 0 bridgehead atoms. The first-order valence-electron chi connectivity index (χ1n) is 7.38. The number of halogens is 2. The van der Waals surface area contributed by atoms with Gasteiger partial charge < -0.3 is 9.73 Å². The van der Waals surface area contributed by atoms with Gasteiger partial charge in [-0.15, -0.1) is 10.2 Å². The molecule has 11 heteroatoms. The van der Waals surface area contributed by atoms with Gasteiger partial charge in [0.15, 0.2) is 0 Å². The summed E-state index contributed by atoms with van der Waals surface area (Å²) < 4.78 is 5.92. The van der Waals surface area contributed by atoms with Gasteiger partial charge in [0.2, 0.25) is 11.8 Å². The normalized spacial score (nSPS) is 10.6. The van der Waals surface area contributed by atoms with Crippen LogP contribution < -0.4 is 5.32 Å². The molecule has 3 aromatic rings. The fourth-order valence-electron chi connectivity index (χ4n) is 2.04. The maximum Gasteiger partial charge on any atom is 0.277 e. The minimum Gasteiger partial charge on any atom is -0.411 e. The highest BCUT2D eigenvalue weighted by Crippen LogP contribution is 2.28. The van der Waals surface area contributed by atoms with Crippen LogP contribution in [-0.2, 0) is 4.79 Å². The van der Waals surface area contributed by atoms with Crippen LogP contribution in [0.15, 0.2) is 56.6 Å². The molecule has 27 heavy (non-hydrogen) atoms. The summed E-state index contributed by atoms with van der Waals surface area (Å²) in [4.78, 5) is 22.3. The van der Waals surface area contributed by atoms with Gasteiger partial charge in [-0.3, -0.25) is 14.9 Å². The maximum absolute atomic E-state index is 12.1. The molecule has 0 saturated carbocycles. The second kappa shape index (κ2) is 8.51. The number of benzene rings is 2. The molecule has 8 nitrogen and oxygen atoms in total. The summed E-state index contributed by atoms with van der Waals surface area (Å²) in [7, 11) is 0. The van der Waals surface area contributed by atoms with Gasteiger partial charge in [0.05, 0.1) is 16.4 Å². The highest BCUT2D eigenvalue weighted by Gasteiger charge is 2.14. The number of hydrogen-bond donors (Lipinski definition) is 1. The minimum absolute atomic E-state index is 0.0284. The Morgan fingerprint density at radius 2 is 2.11 bits per heavy atom. The Bertz CT molecular complexity index is 1010. The molecule has 0 aliphatic rings. The Morgan fingerprint density at radius 3 is 2.81 bits per heavy atom. The number of amides is 1. The lowest BCUT2D eigenvalue weighted by Gasteiger charge is -2.06. The molecule has 0 fully saturated rings. The topological polar surface area (TPSA) is 111 Å². The summed E-state index contributed by atoms with van der Waals surface area (Å²) in [6.07, 6.45) is 0. The van der Waals surface area contributed by atoms with Crippen molar-refractivity contribution in [3.63, 3.8) is 0 Å². The molecule has 0 aliphatic carbocycles. The van der Waals surface area contributed by atoms with Crippen LogP contribution in [0.3, 0.4) is 0 Å². The molecule has 0 atom stereocenters. The second-order valence-corrected chi connectivity index (χ2v) is 7.36. The standard InChI is InChI=1S/C16H10BrClN4O4S/c17-12-7-11(22(24)25)4-5-13(12)19-14(23)8-27-16-21-20-15(26-16)9-2-1-3-10(18)6-9/h1-7H,8H2,(H,19,23). The van der Waals surface area contributed by atoms with Crippen molar-refractivity contribution in [3.05, 3.63) is 62.1 Å². The van der Waals surface area contributed by atoms with Crippen LogP contribution >= 0.6 is 39.3 Å². The van der Waals surface area contributed by atoms with E-state index in [2.05, 4.69) is 31.4 Å². The largest absolute Gasteiger partial charge is 0.411 e. The summed E-state index contributed by atoms with van der Waals surface area (Å²) >= 11 is 10.2. The average Bonchev–Trinajstić information content (AvgIpc) is 3.10. The van der Waals surface area contributed by atoms with Crippen LogP contribution in [0.5, 0.6) is 0 Å². The third kappa shape index (κ3) is 5.06. The molecule has 1 amide bonds. The summed E-state index contributed by atoms with van der Waals surface area (Å²) in [6.45, 7) is 0. The lowest BCUT2D eigenvalue weighted by molar-refractivity contribution is -0.384. The zero-order chi connectivity index (χ0) is 19.4. The number of thioether (sulfide) groups is 1. The first-order chi connectivity index (χ1) is 12.9. The molecule has 1 heterocycles. The van der Waals surface area contributed by atoms with E-state index in [1.54, 1.807) is 24.3 Å². The van der Waals surface area contributed by atoms with Gasteiger partial charge in [0, 0.05) is 27.2 Å². The van der Waals surface area contributed by atoms with E-state index in [1.165, 1.54) is 18.2 Å². The monoisotopic (exact) mass is 468 g/mol. The number of carbonyl (C=O) groups is 1. The number of anilines is 1. The number of nitro benzene ring substituents is 1. The van der Waals surface area contributed by atoms with Gasteiger partial charge in [-0.05, 0) is 40.2 Å². The van der Waals surface area contributed by atoms with Crippen molar-refractivity contribution in [3.8, 4) is 11.5 Å². The number of non-ortho nitro benzene ring substituents is 1. The Kier molecular flexibility index (Phi) is 6.09. The van der Waals surface area contributed by atoms with Crippen molar-refractivity contribution >= 4 is 56.6 Å². The van der Waals surface area contributed by atoms with E-state index in [4.69, 9.17) is 16.0 Å². The van der Waals surface area contributed by atoms with Crippen molar-refractivity contribution in [2.24, 2.45) is 0 Å². The molecular weight excluding hydrogens is 460 g/mol. The van der Waals surface area contributed by atoms with E-state index < -0.39 is 4.92 Å². The first-order valence-corrected chi connectivity index (χ1v) is 9.54. The van der Waals surface area contributed by atoms with Crippen molar-refractivity contribution in [1.82, 2.24) is 10.2 Å². The summed E-state index contributed by atoms with van der Waals surface area (Å²) in [5, 5.41) is 22.0.